The second kappa shape index (κ2) is 4.80. The highest BCUT2D eigenvalue weighted by Crippen LogP contribution is 2.30. The molecule has 0 saturated carbocycles. The van der Waals surface area contributed by atoms with Crippen LogP contribution in [0.5, 0.6) is 0 Å². The summed E-state index contributed by atoms with van der Waals surface area (Å²) in [6.07, 6.45) is 1.50. The van der Waals surface area contributed by atoms with Gasteiger partial charge in [0.1, 0.15) is 17.2 Å². The van der Waals surface area contributed by atoms with E-state index in [1.165, 1.54) is 29.6 Å². The van der Waals surface area contributed by atoms with E-state index in [0.717, 1.165) is 15.6 Å². The molecule has 0 amide bonds. The molecule has 0 unspecified atom stereocenters. The molecule has 0 atom stereocenters. The average Bonchev–Trinajstić information content (AvgIpc) is 2.68. The van der Waals surface area contributed by atoms with E-state index in [1.54, 1.807) is 0 Å². The molecule has 0 spiro atoms. The van der Waals surface area contributed by atoms with Crippen LogP contribution < -0.4 is 5.73 Å². The van der Waals surface area contributed by atoms with Gasteiger partial charge >= 0.3 is 0 Å². The molecule has 7 heteroatoms. The lowest BCUT2D eigenvalue weighted by atomic mass is 10.1. The summed E-state index contributed by atoms with van der Waals surface area (Å²) in [5, 5.41) is 8.32. The Bertz CT molecular complexity index is 550. The van der Waals surface area contributed by atoms with Crippen molar-refractivity contribution in [2.24, 2.45) is 5.73 Å². The summed E-state index contributed by atoms with van der Waals surface area (Å²) in [5.41, 5.74) is 8.13. The van der Waals surface area contributed by atoms with E-state index in [-0.39, 0.29) is 5.84 Å². The third-order valence-electron chi connectivity index (χ3n) is 2.11. The molecule has 2 aromatic heterocycles. The molecule has 0 aliphatic carbocycles. The summed E-state index contributed by atoms with van der Waals surface area (Å²) in [6.45, 7) is 3.84. The molecular weight excluding hydrogens is 254 g/mol. The number of aromatic nitrogens is 3. The molecule has 3 N–H and O–H groups in total. The fraction of sp³-hybridized carbons (Fsp3) is 0.200. The number of nitrogens with two attached hydrogens (primary N) is 1. The van der Waals surface area contributed by atoms with Crippen molar-refractivity contribution in [1.29, 1.82) is 5.41 Å². The van der Waals surface area contributed by atoms with Crippen LogP contribution in [-0.4, -0.2) is 20.2 Å². The summed E-state index contributed by atoms with van der Waals surface area (Å²) < 4.78 is 4.73. The zero-order chi connectivity index (χ0) is 12.4. The van der Waals surface area contributed by atoms with Crippen molar-refractivity contribution < 1.29 is 0 Å². The fourth-order valence-electron chi connectivity index (χ4n) is 1.49. The smallest absolute Gasteiger partial charge is 0.176 e. The van der Waals surface area contributed by atoms with Gasteiger partial charge in [-0.1, -0.05) is 0 Å². The fourth-order valence-corrected chi connectivity index (χ4v) is 3.12. The Morgan fingerprint density at radius 1 is 1.47 bits per heavy atom. The monoisotopic (exact) mass is 265 g/mol. The van der Waals surface area contributed by atoms with Crippen LogP contribution in [0.15, 0.2) is 21.8 Å². The molecule has 0 saturated heterocycles. The normalized spacial score (nSPS) is 10.5. The van der Waals surface area contributed by atoms with Crippen molar-refractivity contribution in [1.82, 2.24) is 14.3 Å². The van der Waals surface area contributed by atoms with Gasteiger partial charge in [-0.25, -0.2) is 9.97 Å². The van der Waals surface area contributed by atoms with Crippen molar-refractivity contribution in [2.75, 3.05) is 0 Å². The number of nitrogen functional groups attached to an aromatic ring is 1. The standard InChI is InChI=1S/C10H11N5S2/c1-5-3-6(2)15-9(7(5)8(11)12)16-10-13-4-14-17-10/h3-4H,1-2H3,(H3,11,12). The number of aryl methyl sites for hydroxylation is 2. The van der Waals surface area contributed by atoms with Crippen LogP contribution in [0.3, 0.4) is 0 Å². The Morgan fingerprint density at radius 3 is 2.82 bits per heavy atom. The van der Waals surface area contributed by atoms with Gasteiger partial charge in [-0.3, -0.25) is 5.41 Å². The van der Waals surface area contributed by atoms with Gasteiger partial charge in [-0.15, -0.1) is 0 Å². The number of hydrogen-bond acceptors (Lipinski definition) is 6. The van der Waals surface area contributed by atoms with E-state index < -0.39 is 0 Å². The van der Waals surface area contributed by atoms with Gasteiger partial charge in [0.2, 0.25) is 0 Å². The number of hydrogen-bond donors (Lipinski definition) is 2. The van der Waals surface area contributed by atoms with Crippen molar-refractivity contribution in [3.05, 3.63) is 29.2 Å². The largest absolute Gasteiger partial charge is 0.384 e. The molecule has 0 fully saturated rings. The molecular formula is C10H11N5S2. The first kappa shape index (κ1) is 12.0. The topological polar surface area (TPSA) is 88.5 Å². The van der Waals surface area contributed by atoms with Crippen LogP contribution >= 0.6 is 23.3 Å². The summed E-state index contributed by atoms with van der Waals surface area (Å²) in [6, 6.07) is 1.92. The van der Waals surface area contributed by atoms with Crippen LogP contribution in [0.2, 0.25) is 0 Å². The van der Waals surface area contributed by atoms with Crippen LogP contribution in [0.25, 0.3) is 0 Å². The first-order chi connectivity index (χ1) is 8.08. The predicted octanol–water partition coefficient (Wildman–Crippen LogP) is 1.99. The summed E-state index contributed by atoms with van der Waals surface area (Å²) >= 11 is 2.69. The summed E-state index contributed by atoms with van der Waals surface area (Å²) in [4.78, 5) is 8.50. The molecule has 2 heterocycles. The van der Waals surface area contributed by atoms with Crippen molar-refractivity contribution in [2.45, 2.75) is 23.2 Å². The SMILES string of the molecule is Cc1cc(C)c(C(=N)N)c(Sc2ncns2)n1. The highest BCUT2D eigenvalue weighted by molar-refractivity contribution is 8.01. The van der Waals surface area contributed by atoms with Crippen LogP contribution in [0.1, 0.15) is 16.8 Å². The lowest BCUT2D eigenvalue weighted by Gasteiger charge is -2.09. The maximum atomic E-state index is 7.61. The van der Waals surface area contributed by atoms with Crippen molar-refractivity contribution in [3.63, 3.8) is 0 Å². The number of amidine groups is 1. The van der Waals surface area contributed by atoms with Gasteiger partial charge in [0.15, 0.2) is 4.34 Å². The minimum atomic E-state index is 0.0296. The number of rotatable bonds is 3. The van der Waals surface area contributed by atoms with Gasteiger partial charge in [0.05, 0.1) is 5.56 Å². The molecule has 0 aliphatic rings. The van der Waals surface area contributed by atoms with Gasteiger partial charge < -0.3 is 5.73 Å². The first-order valence-corrected chi connectivity index (χ1v) is 6.44. The quantitative estimate of drug-likeness (QED) is 0.654. The zero-order valence-electron chi connectivity index (χ0n) is 9.39. The Kier molecular flexibility index (Phi) is 3.39. The lowest BCUT2D eigenvalue weighted by Crippen LogP contribution is -2.15. The van der Waals surface area contributed by atoms with Gasteiger partial charge in [-0.2, -0.15) is 4.37 Å². The maximum Gasteiger partial charge on any atom is 0.176 e. The molecule has 5 nitrogen and oxygen atoms in total. The van der Waals surface area contributed by atoms with Crippen molar-refractivity contribution >= 4 is 29.1 Å². The van der Waals surface area contributed by atoms with E-state index in [4.69, 9.17) is 11.1 Å². The Labute approximate surface area is 107 Å². The second-order valence-electron chi connectivity index (χ2n) is 3.48. The molecule has 0 bridgehead atoms. The molecule has 0 aromatic carbocycles. The minimum absolute atomic E-state index is 0.0296. The van der Waals surface area contributed by atoms with E-state index in [1.807, 2.05) is 19.9 Å². The predicted molar refractivity (Wildman–Crippen MR) is 68.8 cm³/mol. The third kappa shape index (κ3) is 2.62. The Hall–Kier alpha value is -1.47. The molecule has 17 heavy (non-hydrogen) atoms. The maximum absolute atomic E-state index is 7.61. The zero-order valence-corrected chi connectivity index (χ0v) is 11.0. The molecule has 2 aromatic rings. The lowest BCUT2D eigenvalue weighted by molar-refractivity contribution is 1.03. The van der Waals surface area contributed by atoms with Gasteiger partial charge in [0.25, 0.3) is 0 Å². The van der Waals surface area contributed by atoms with E-state index in [9.17, 15) is 0 Å². The van der Waals surface area contributed by atoms with Gasteiger partial charge in [-0.05, 0) is 48.8 Å². The molecule has 88 valence electrons. The Balaban J connectivity index is 2.47. The summed E-state index contributed by atoms with van der Waals surface area (Å²) in [7, 11) is 0. The molecule has 2 rings (SSSR count). The first-order valence-electron chi connectivity index (χ1n) is 4.85. The van der Waals surface area contributed by atoms with Crippen LogP contribution in [0, 0.1) is 19.3 Å². The molecule has 0 aliphatic heterocycles. The number of nitrogens with zero attached hydrogens (tertiary/aromatic N) is 3. The van der Waals surface area contributed by atoms with Crippen molar-refractivity contribution in [3.8, 4) is 0 Å². The minimum Gasteiger partial charge on any atom is -0.384 e. The molecule has 0 radical (unpaired) electrons. The average molecular weight is 265 g/mol. The Morgan fingerprint density at radius 2 is 2.24 bits per heavy atom. The third-order valence-corrected chi connectivity index (χ3v) is 3.81. The van der Waals surface area contributed by atoms with Gasteiger partial charge in [0, 0.05) is 5.69 Å². The van der Waals surface area contributed by atoms with E-state index in [2.05, 4.69) is 14.3 Å². The van der Waals surface area contributed by atoms with Crippen LogP contribution in [0.4, 0.5) is 0 Å². The highest BCUT2D eigenvalue weighted by Gasteiger charge is 2.14. The summed E-state index contributed by atoms with van der Waals surface area (Å²) in [5.74, 6) is 0.0296. The van der Waals surface area contributed by atoms with E-state index >= 15 is 0 Å². The highest BCUT2D eigenvalue weighted by atomic mass is 32.2. The van der Waals surface area contributed by atoms with E-state index in [0.29, 0.717) is 10.6 Å². The number of pyridine rings is 1. The van der Waals surface area contributed by atoms with Crippen LogP contribution in [-0.2, 0) is 0 Å². The second-order valence-corrected chi connectivity index (χ2v) is 5.50. The number of nitrogens with one attached hydrogen (secondary N) is 1.